The molecule has 1 atom stereocenters. The summed E-state index contributed by atoms with van der Waals surface area (Å²) in [6.07, 6.45) is -1.18. The zero-order valence-electron chi connectivity index (χ0n) is 27.5. The van der Waals surface area contributed by atoms with E-state index in [1.807, 2.05) is 56.3 Å². The molecule has 252 valence electrons. The third kappa shape index (κ3) is 8.93. The van der Waals surface area contributed by atoms with Crippen LogP contribution in [-0.4, -0.2) is 48.8 Å². The van der Waals surface area contributed by atoms with Gasteiger partial charge >= 0.3 is 6.18 Å². The molecular weight excluding hydrogens is 607 g/mol. The van der Waals surface area contributed by atoms with Gasteiger partial charge in [0, 0.05) is 41.6 Å². The molecule has 2 aliphatic rings. The highest BCUT2D eigenvalue weighted by molar-refractivity contribution is 6.14. The van der Waals surface area contributed by atoms with E-state index in [-0.39, 0.29) is 12.1 Å². The highest BCUT2D eigenvalue weighted by Crippen LogP contribution is 2.36. The summed E-state index contributed by atoms with van der Waals surface area (Å²) in [5, 5.41) is 3.63. The first kappa shape index (κ1) is 34.5. The number of likely N-dealkylation sites (tertiary alicyclic amines) is 1. The molecule has 1 saturated heterocycles. The number of para-hydroxylation sites is 1. The van der Waals surface area contributed by atoms with E-state index in [0.717, 1.165) is 59.8 Å². The lowest BCUT2D eigenvalue weighted by atomic mass is 9.95. The topological polar surface area (TPSA) is 30.9 Å². The normalized spacial score (nSPS) is 16.8. The average Bonchev–Trinajstić information content (AvgIpc) is 3.86. The van der Waals surface area contributed by atoms with Crippen LogP contribution in [0.2, 0.25) is 0 Å². The van der Waals surface area contributed by atoms with Crippen molar-refractivity contribution in [1.82, 2.24) is 4.90 Å². The third-order valence-corrected chi connectivity index (χ3v) is 9.30. The van der Waals surface area contributed by atoms with Crippen molar-refractivity contribution in [3.05, 3.63) is 107 Å². The van der Waals surface area contributed by atoms with Gasteiger partial charge in [-0.3, -0.25) is 4.99 Å². The molecule has 5 rings (SSSR count). The number of nitrogens with zero attached hydrogens (tertiary/aromatic N) is 3. The van der Waals surface area contributed by atoms with Crippen LogP contribution in [0, 0.1) is 19.8 Å². The van der Waals surface area contributed by atoms with E-state index < -0.39 is 24.7 Å². The number of aryl methyl sites for hydroxylation is 2. The number of piperidine rings is 1. The number of hydrogen-bond donors (Lipinski definition) is 1. The smallest absolute Gasteiger partial charge is 0.382 e. The van der Waals surface area contributed by atoms with Crippen LogP contribution >= 0.6 is 0 Å². The standard InChI is InChI=1S/C38H45F5N4/c1-5-31(22-28-13-14-28)45-37(29-10-8-11-30(23-29)38(41,42)43)34-16-15-33(21-26(34)3)44-32-17-19-46(20-18-32)27(4)47(24-36(39)40)35-12-7-6-9-25(35)2/h6-12,15-16,21,23,28,31-32,36,44H,4-5,13-14,17-20,22,24H2,1-3H3. The minimum absolute atomic E-state index is 0.0478. The van der Waals surface area contributed by atoms with Crippen molar-refractivity contribution in [2.75, 3.05) is 29.9 Å². The molecule has 0 spiro atoms. The maximum Gasteiger partial charge on any atom is 0.416 e. The molecule has 47 heavy (non-hydrogen) atoms. The average molecular weight is 653 g/mol. The van der Waals surface area contributed by atoms with Crippen molar-refractivity contribution < 1.29 is 22.0 Å². The van der Waals surface area contributed by atoms with E-state index in [0.29, 0.717) is 36.1 Å². The molecule has 1 aliphatic heterocycles. The van der Waals surface area contributed by atoms with Gasteiger partial charge < -0.3 is 15.1 Å². The van der Waals surface area contributed by atoms with Gasteiger partial charge in [-0.2, -0.15) is 13.2 Å². The van der Waals surface area contributed by atoms with Crippen LogP contribution < -0.4 is 10.2 Å². The fourth-order valence-corrected chi connectivity index (χ4v) is 6.43. The highest BCUT2D eigenvalue weighted by atomic mass is 19.4. The van der Waals surface area contributed by atoms with Gasteiger partial charge in [-0.05, 0) is 86.9 Å². The number of anilines is 2. The largest absolute Gasteiger partial charge is 0.416 e. The van der Waals surface area contributed by atoms with Crippen LogP contribution in [0.5, 0.6) is 0 Å². The van der Waals surface area contributed by atoms with Crippen LogP contribution in [-0.2, 0) is 6.18 Å². The van der Waals surface area contributed by atoms with E-state index in [9.17, 15) is 22.0 Å². The lowest BCUT2D eigenvalue weighted by molar-refractivity contribution is -0.137. The summed E-state index contributed by atoms with van der Waals surface area (Å²) in [6.45, 7) is 11.1. The molecular formula is C38H45F5N4. The lowest BCUT2D eigenvalue weighted by Crippen LogP contribution is -2.44. The molecule has 3 aromatic carbocycles. The Labute approximate surface area is 275 Å². The Morgan fingerprint density at radius 1 is 0.957 bits per heavy atom. The molecule has 0 aromatic heterocycles. The molecule has 3 aromatic rings. The fraction of sp³-hybridized carbons (Fsp3) is 0.447. The van der Waals surface area contributed by atoms with Crippen molar-refractivity contribution in [1.29, 1.82) is 0 Å². The fourth-order valence-electron chi connectivity index (χ4n) is 6.43. The summed E-state index contributed by atoms with van der Waals surface area (Å²) in [6, 6.07) is 19.2. The van der Waals surface area contributed by atoms with E-state index in [2.05, 4.69) is 23.7 Å². The summed E-state index contributed by atoms with van der Waals surface area (Å²) < 4.78 is 68.1. The second-order valence-electron chi connectivity index (χ2n) is 12.9. The lowest BCUT2D eigenvalue weighted by Gasteiger charge is -2.40. The molecule has 1 heterocycles. The molecule has 2 fully saturated rings. The zero-order chi connectivity index (χ0) is 33.7. The van der Waals surface area contributed by atoms with Crippen LogP contribution in [0.15, 0.2) is 84.1 Å². The summed E-state index contributed by atoms with van der Waals surface area (Å²) >= 11 is 0. The number of alkyl halides is 5. The number of rotatable bonds is 13. The van der Waals surface area contributed by atoms with Crippen LogP contribution in [0.25, 0.3) is 0 Å². The molecule has 1 unspecified atom stereocenters. The first-order valence-electron chi connectivity index (χ1n) is 16.6. The minimum Gasteiger partial charge on any atom is -0.382 e. The van der Waals surface area contributed by atoms with Gasteiger partial charge in [0.2, 0.25) is 0 Å². The maximum atomic E-state index is 13.7. The Balaban J connectivity index is 1.30. The Kier molecular flexibility index (Phi) is 10.9. The number of nitrogens with one attached hydrogen (secondary N) is 1. The number of hydrogen-bond acceptors (Lipinski definition) is 4. The number of halogens is 5. The highest BCUT2D eigenvalue weighted by Gasteiger charge is 2.31. The van der Waals surface area contributed by atoms with Crippen molar-refractivity contribution in [3.8, 4) is 0 Å². The number of benzene rings is 3. The Bertz CT molecular complexity index is 1550. The second kappa shape index (κ2) is 14.9. The van der Waals surface area contributed by atoms with Gasteiger partial charge in [-0.15, -0.1) is 0 Å². The van der Waals surface area contributed by atoms with E-state index in [4.69, 9.17) is 4.99 Å². The quantitative estimate of drug-likeness (QED) is 0.147. The molecule has 1 saturated carbocycles. The van der Waals surface area contributed by atoms with Gasteiger partial charge in [0.05, 0.1) is 23.9 Å². The minimum atomic E-state index is -4.44. The van der Waals surface area contributed by atoms with Crippen molar-refractivity contribution >= 4 is 17.1 Å². The Morgan fingerprint density at radius 3 is 2.30 bits per heavy atom. The van der Waals surface area contributed by atoms with E-state index >= 15 is 0 Å². The van der Waals surface area contributed by atoms with E-state index in [1.165, 1.54) is 25.0 Å². The van der Waals surface area contributed by atoms with Crippen molar-refractivity contribution in [2.24, 2.45) is 10.9 Å². The van der Waals surface area contributed by atoms with Gasteiger partial charge in [0.25, 0.3) is 6.43 Å². The summed E-state index contributed by atoms with van der Waals surface area (Å²) in [5.41, 5.74) is 4.72. The molecule has 0 bridgehead atoms. The van der Waals surface area contributed by atoms with Gasteiger partial charge in [-0.1, -0.05) is 62.7 Å². The third-order valence-electron chi connectivity index (χ3n) is 9.30. The van der Waals surface area contributed by atoms with Gasteiger partial charge in [0.1, 0.15) is 5.82 Å². The first-order chi connectivity index (χ1) is 22.4. The molecule has 9 heteroatoms. The van der Waals surface area contributed by atoms with Crippen LogP contribution in [0.4, 0.5) is 33.3 Å². The Morgan fingerprint density at radius 2 is 1.68 bits per heavy atom. The van der Waals surface area contributed by atoms with E-state index in [1.54, 1.807) is 11.0 Å². The van der Waals surface area contributed by atoms with Crippen molar-refractivity contribution in [3.63, 3.8) is 0 Å². The van der Waals surface area contributed by atoms with Gasteiger partial charge in [-0.25, -0.2) is 8.78 Å². The second-order valence-corrected chi connectivity index (χ2v) is 12.9. The molecule has 0 amide bonds. The summed E-state index contributed by atoms with van der Waals surface area (Å²) in [4.78, 5) is 8.79. The first-order valence-corrected chi connectivity index (χ1v) is 16.6. The maximum absolute atomic E-state index is 13.7. The summed E-state index contributed by atoms with van der Waals surface area (Å²) in [5.74, 6) is 1.23. The molecule has 1 aliphatic carbocycles. The van der Waals surface area contributed by atoms with Gasteiger partial charge in [0.15, 0.2) is 0 Å². The Hall–Kier alpha value is -3.88. The van der Waals surface area contributed by atoms with Crippen LogP contribution in [0.3, 0.4) is 0 Å². The molecule has 1 N–H and O–H groups in total. The zero-order valence-corrected chi connectivity index (χ0v) is 27.5. The SMILES string of the molecule is C=C(N1CCC(Nc2ccc(C(=NC(CC)CC3CC3)c3cccc(C(F)(F)F)c3)c(C)c2)CC1)N(CC(F)F)c1ccccc1C. The monoisotopic (exact) mass is 652 g/mol. The number of aliphatic imine (C=N–C) groups is 1. The predicted molar refractivity (Wildman–Crippen MR) is 182 cm³/mol. The van der Waals surface area contributed by atoms with Crippen molar-refractivity contribution in [2.45, 2.75) is 84.0 Å². The molecule has 0 radical (unpaired) electrons. The van der Waals surface area contributed by atoms with Crippen LogP contribution in [0.1, 0.15) is 73.3 Å². The molecule has 4 nitrogen and oxygen atoms in total. The predicted octanol–water partition coefficient (Wildman–Crippen LogP) is 9.86. The summed E-state index contributed by atoms with van der Waals surface area (Å²) in [7, 11) is 0.